The molecular weight excluding hydrogens is 486 g/mol. The molecule has 0 radical (unpaired) electrons. The Morgan fingerprint density at radius 3 is 1.91 bits per heavy atom. The Hall–Kier alpha value is -3.11. The number of nitrogens with zero attached hydrogens (tertiary/aromatic N) is 1. The van der Waals surface area contributed by atoms with E-state index in [1.54, 1.807) is 6.26 Å². The van der Waals surface area contributed by atoms with E-state index >= 15 is 0 Å². The highest BCUT2D eigenvalue weighted by Crippen LogP contribution is 2.06. The number of hydrogen-bond acceptors (Lipinski definition) is 9. The van der Waals surface area contributed by atoms with Crippen LogP contribution in [-0.2, 0) is 24.0 Å². The Balaban J connectivity index is 5.48. The molecule has 0 fully saturated rings. The Morgan fingerprint density at radius 1 is 0.886 bits per heavy atom. The predicted molar refractivity (Wildman–Crippen MR) is 128 cm³/mol. The van der Waals surface area contributed by atoms with Gasteiger partial charge in [-0.15, -0.1) is 0 Å². The summed E-state index contributed by atoms with van der Waals surface area (Å²) in [4.78, 5) is 63.6. The number of rotatable bonds is 18. The van der Waals surface area contributed by atoms with Crippen molar-refractivity contribution in [2.45, 2.75) is 56.3 Å². The molecule has 0 aliphatic rings. The van der Waals surface area contributed by atoms with Crippen molar-refractivity contribution in [2.24, 2.45) is 22.2 Å². The monoisotopic (exact) mass is 521 g/mol. The minimum Gasteiger partial charge on any atom is -0.481 e. The number of carboxylic acids is 2. The summed E-state index contributed by atoms with van der Waals surface area (Å²) in [6.45, 7) is -0.692. The molecule has 4 unspecified atom stereocenters. The van der Waals surface area contributed by atoms with Gasteiger partial charge >= 0.3 is 11.9 Å². The number of guanidine groups is 1. The van der Waals surface area contributed by atoms with E-state index in [-0.39, 0.29) is 44.6 Å². The number of carbonyl (C=O) groups excluding carboxylic acids is 3. The highest BCUT2D eigenvalue weighted by atomic mass is 32.2. The van der Waals surface area contributed by atoms with E-state index in [0.29, 0.717) is 5.75 Å². The lowest BCUT2D eigenvalue weighted by Gasteiger charge is -2.25. The van der Waals surface area contributed by atoms with Gasteiger partial charge in [-0.1, -0.05) is 0 Å². The van der Waals surface area contributed by atoms with Gasteiger partial charge in [-0.25, -0.2) is 4.79 Å². The summed E-state index contributed by atoms with van der Waals surface area (Å²) in [5, 5.41) is 34.0. The standard InChI is InChI=1S/C19H35N7O8S/c1-35-8-6-12(17(32)26-13(9-27)18(33)34)25-16(31)11(3-2-7-23-19(21)22)24-15(30)10(20)4-5-14(28)29/h10-13,27H,2-9,20H2,1H3,(H,24,30)(H,25,31)(H,26,32)(H,28,29)(H,33,34)(H4,21,22,23). The molecule has 0 rings (SSSR count). The van der Waals surface area contributed by atoms with Gasteiger partial charge in [0.25, 0.3) is 0 Å². The summed E-state index contributed by atoms with van der Waals surface area (Å²) in [6.07, 6.45) is 1.75. The van der Waals surface area contributed by atoms with E-state index in [1.807, 2.05) is 0 Å². The molecule has 200 valence electrons. The van der Waals surface area contributed by atoms with Crippen molar-refractivity contribution in [2.75, 3.05) is 25.2 Å². The Labute approximate surface area is 206 Å². The quantitative estimate of drug-likeness (QED) is 0.0483. The summed E-state index contributed by atoms with van der Waals surface area (Å²) in [5.41, 5.74) is 16.3. The van der Waals surface area contributed by atoms with E-state index < -0.39 is 60.4 Å². The van der Waals surface area contributed by atoms with Crippen molar-refractivity contribution in [1.82, 2.24) is 16.0 Å². The first kappa shape index (κ1) is 31.9. The summed E-state index contributed by atoms with van der Waals surface area (Å²) < 4.78 is 0. The first-order valence-corrected chi connectivity index (χ1v) is 12.1. The summed E-state index contributed by atoms with van der Waals surface area (Å²) in [7, 11) is 0. The van der Waals surface area contributed by atoms with E-state index in [0.717, 1.165) is 0 Å². The first-order valence-electron chi connectivity index (χ1n) is 10.7. The van der Waals surface area contributed by atoms with Crippen LogP contribution in [0.1, 0.15) is 32.1 Å². The first-order chi connectivity index (χ1) is 16.4. The van der Waals surface area contributed by atoms with Crippen molar-refractivity contribution in [3.63, 3.8) is 0 Å². The molecule has 4 atom stereocenters. The molecule has 35 heavy (non-hydrogen) atoms. The second kappa shape index (κ2) is 17.3. The zero-order chi connectivity index (χ0) is 27.0. The lowest BCUT2D eigenvalue weighted by Crippen LogP contribution is -2.57. The normalized spacial score (nSPS) is 14.0. The molecule has 0 aliphatic carbocycles. The second-order valence-corrected chi connectivity index (χ2v) is 8.46. The number of nitrogens with two attached hydrogens (primary N) is 3. The van der Waals surface area contributed by atoms with E-state index in [4.69, 9.17) is 32.5 Å². The molecule has 0 bridgehead atoms. The fourth-order valence-electron chi connectivity index (χ4n) is 2.70. The molecule has 0 heterocycles. The lowest BCUT2D eigenvalue weighted by molar-refractivity contribution is -0.143. The molecule has 15 nitrogen and oxygen atoms in total. The molecule has 0 aromatic carbocycles. The summed E-state index contributed by atoms with van der Waals surface area (Å²) in [5.74, 6) is -4.62. The van der Waals surface area contributed by atoms with Gasteiger partial charge in [0.15, 0.2) is 5.96 Å². The number of nitrogens with one attached hydrogen (secondary N) is 3. The van der Waals surface area contributed by atoms with Gasteiger partial charge in [0.1, 0.15) is 18.1 Å². The van der Waals surface area contributed by atoms with Crippen LogP contribution >= 0.6 is 11.8 Å². The number of thioether (sulfide) groups is 1. The second-order valence-electron chi connectivity index (χ2n) is 7.47. The van der Waals surface area contributed by atoms with Gasteiger partial charge in [-0.2, -0.15) is 11.8 Å². The third-order valence-electron chi connectivity index (χ3n) is 4.63. The molecule has 0 spiro atoms. The molecule has 3 amide bonds. The number of aliphatic imine (C=N–C) groups is 1. The van der Waals surface area contributed by atoms with Gasteiger partial charge in [-0.3, -0.25) is 24.2 Å². The number of aliphatic hydroxyl groups is 1. The Bertz CT molecular complexity index is 763. The molecule has 16 heteroatoms. The van der Waals surface area contributed by atoms with Gasteiger partial charge < -0.3 is 48.5 Å². The topological polar surface area (TPSA) is 273 Å². The Morgan fingerprint density at radius 2 is 1.43 bits per heavy atom. The van der Waals surface area contributed by atoms with Crippen LogP contribution in [0.3, 0.4) is 0 Å². The van der Waals surface area contributed by atoms with Crippen LogP contribution in [0.25, 0.3) is 0 Å². The molecule has 0 saturated carbocycles. The maximum Gasteiger partial charge on any atom is 0.328 e. The number of aliphatic hydroxyl groups excluding tert-OH is 1. The highest BCUT2D eigenvalue weighted by Gasteiger charge is 2.30. The summed E-state index contributed by atoms with van der Waals surface area (Å²) >= 11 is 1.39. The van der Waals surface area contributed by atoms with Crippen LogP contribution in [0.5, 0.6) is 0 Å². The van der Waals surface area contributed by atoms with Gasteiger partial charge in [0, 0.05) is 13.0 Å². The number of aliphatic carboxylic acids is 2. The third kappa shape index (κ3) is 14.0. The average molecular weight is 522 g/mol. The summed E-state index contributed by atoms with van der Waals surface area (Å²) in [6, 6.07) is -5.06. The van der Waals surface area contributed by atoms with E-state index in [1.165, 1.54) is 11.8 Å². The van der Waals surface area contributed by atoms with Gasteiger partial charge in [0.2, 0.25) is 17.7 Å². The lowest BCUT2D eigenvalue weighted by atomic mass is 10.1. The maximum absolute atomic E-state index is 13.0. The fourth-order valence-corrected chi connectivity index (χ4v) is 3.17. The molecule has 0 saturated heterocycles. The molecule has 0 aromatic heterocycles. The molecule has 12 N–H and O–H groups in total. The SMILES string of the molecule is CSCCC(NC(=O)C(CCCN=C(N)N)NC(=O)C(N)CCC(=O)O)C(=O)NC(CO)C(=O)O. The third-order valence-corrected chi connectivity index (χ3v) is 5.27. The van der Waals surface area contributed by atoms with Crippen LogP contribution in [0.15, 0.2) is 4.99 Å². The van der Waals surface area contributed by atoms with Crippen molar-refractivity contribution < 1.29 is 39.3 Å². The number of carbonyl (C=O) groups is 5. The van der Waals surface area contributed by atoms with Gasteiger partial charge in [-0.05, 0) is 37.7 Å². The van der Waals surface area contributed by atoms with Crippen molar-refractivity contribution in [3.8, 4) is 0 Å². The zero-order valence-electron chi connectivity index (χ0n) is 19.4. The Kier molecular flexibility index (Phi) is 15.8. The smallest absolute Gasteiger partial charge is 0.328 e. The molecule has 0 aromatic rings. The van der Waals surface area contributed by atoms with Crippen LogP contribution in [0.4, 0.5) is 0 Å². The van der Waals surface area contributed by atoms with Crippen molar-refractivity contribution in [3.05, 3.63) is 0 Å². The van der Waals surface area contributed by atoms with Crippen LogP contribution in [0, 0.1) is 0 Å². The highest BCUT2D eigenvalue weighted by molar-refractivity contribution is 7.98. The number of hydrogen-bond donors (Lipinski definition) is 9. The number of carboxylic acid groups (broad SMARTS) is 2. The minimum absolute atomic E-state index is 0.0608. The van der Waals surface area contributed by atoms with Crippen LogP contribution < -0.4 is 33.2 Å². The van der Waals surface area contributed by atoms with Crippen molar-refractivity contribution >= 4 is 47.4 Å². The fraction of sp³-hybridized carbons (Fsp3) is 0.684. The van der Waals surface area contributed by atoms with Crippen LogP contribution in [-0.4, -0.2) is 100 Å². The average Bonchev–Trinajstić information content (AvgIpc) is 2.79. The van der Waals surface area contributed by atoms with Crippen LogP contribution in [0.2, 0.25) is 0 Å². The van der Waals surface area contributed by atoms with E-state index in [9.17, 15) is 24.0 Å². The van der Waals surface area contributed by atoms with E-state index in [2.05, 4.69) is 20.9 Å². The molecule has 0 aliphatic heterocycles. The number of amides is 3. The predicted octanol–water partition coefficient (Wildman–Crippen LogP) is -3.48. The largest absolute Gasteiger partial charge is 0.481 e. The molecular formula is C19H35N7O8S. The van der Waals surface area contributed by atoms with Gasteiger partial charge in [0.05, 0.1) is 12.6 Å². The van der Waals surface area contributed by atoms with Crippen molar-refractivity contribution in [1.29, 1.82) is 0 Å². The zero-order valence-corrected chi connectivity index (χ0v) is 20.3. The maximum atomic E-state index is 13.0. The minimum atomic E-state index is -1.56.